The number of nitrogens with zero attached hydrogens (tertiary/aromatic N) is 3. The zero-order valence-corrected chi connectivity index (χ0v) is 11.7. The number of anilines is 1. The number of aryl methyl sites for hydroxylation is 1. The Bertz CT molecular complexity index is 488. The topological polar surface area (TPSA) is 101 Å². The van der Waals surface area contributed by atoms with Gasteiger partial charge in [-0.05, 0) is 27.2 Å². The van der Waals surface area contributed by atoms with E-state index in [4.69, 9.17) is 5.73 Å². The van der Waals surface area contributed by atoms with E-state index in [0.717, 1.165) is 6.42 Å². The fourth-order valence-corrected chi connectivity index (χ4v) is 1.81. The molecule has 1 rings (SSSR count). The van der Waals surface area contributed by atoms with Crippen LogP contribution in [0.5, 0.6) is 0 Å². The van der Waals surface area contributed by atoms with Gasteiger partial charge >= 0.3 is 6.09 Å². The lowest BCUT2D eigenvalue weighted by Gasteiger charge is -2.32. The maximum Gasteiger partial charge on any atom is 0.413 e. The Morgan fingerprint density at radius 3 is 2.42 bits per heavy atom. The second-order valence-electron chi connectivity index (χ2n) is 5.26. The molecule has 0 aliphatic heterocycles. The van der Waals surface area contributed by atoms with Gasteiger partial charge in [0.2, 0.25) is 0 Å². The molecule has 3 N–H and O–H groups in total. The molecule has 19 heavy (non-hydrogen) atoms. The summed E-state index contributed by atoms with van der Waals surface area (Å²) in [5.74, 6) is -0.314. The number of hydrogen-bond donors (Lipinski definition) is 2. The van der Waals surface area contributed by atoms with E-state index >= 15 is 0 Å². The zero-order valence-electron chi connectivity index (χ0n) is 11.7. The van der Waals surface area contributed by atoms with Gasteiger partial charge in [0.25, 0.3) is 5.91 Å². The summed E-state index contributed by atoms with van der Waals surface area (Å²) in [6.07, 6.45) is -0.328. The van der Waals surface area contributed by atoms with Crippen LogP contribution >= 0.6 is 0 Å². The first-order valence-electron chi connectivity index (χ1n) is 6.09. The van der Waals surface area contributed by atoms with Crippen molar-refractivity contribution in [2.24, 2.45) is 5.73 Å². The van der Waals surface area contributed by atoms with Crippen molar-refractivity contribution >= 4 is 17.8 Å². The Kier molecular flexibility index (Phi) is 4.18. The highest BCUT2D eigenvalue weighted by atomic mass is 16.4. The number of carbonyl (C=O) groups is 2. The molecular formula is C12H20N4O3. The molecule has 0 aliphatic carbocycles. The molecule has 1 aromatic rings. The molecule has 0 saturated carbocycles. The summed E-state index contributed by atoms with van der Waals surface area (Å²) < 4.78 is 1.50. The maximum atomic E-state index is 11.5. The standard InChI is InChI=1S/C12H20N4O3/c1-5-6-15-9(7-8(14-15)10(13)17)16(11(18)19)12(2,3)4/h7H,5-6H2,1-4H3,(H2,13,17)(H,18,19). The fourth-order valence-electron chi connectivity index (χ4n) is 1.81. The summed E-state index contributed by atoms with van der Waals surface area (Å²) in [7, 11) is 0. The van der Waals surface area contributed by atoms with Crippen LogP contribution < -0.4 is 10.6 Å². The first-order valence-corrected chi connectivity index (χ1v) is 6.09. The normalized spacial score (nSPS) is 11.4. The SMILES string of the molecule is CCCn1nc(C(N)=O)cc1N(C(=O)O)C(C)(C)C. The van der Waals surface area contributed by atoms with Crippen molar-refractivity contribution in [3.63, 3.8) is 0 Å². The molecule has 0 unspecified atom stereocenters. The minimum atomic E-state index is -1.10. The second kappa shape index (κ2) is 5.29. The average Bonchev–Trinajstić information content (AvgIpc) is 2.60. The number of carboxylic acid groups (broad SMARTS) is 1. The number of aromatic nitrogens is 2. The Morgan fingerprint density at radius 2 is 2.05 bits per heavy atom. The minimum Gasteiger partial charge on any atom is -0.465 e. The highest BCUT2D eigenvalue weighted by molar-refractivity contribution is 5.93. The lowest BCUT2D eigenvalue weighted by atomic mass is 10.1. The Balaban J connectivity index is 3.36. The third-order valence-corrected chi connectivity index (χ3v) is 2.54. The second-order valence-corrected chi connectivity index (χ2v) is 5.26. The van der Waals surface area contributed by atoms with E-state index in [1.807, 2.05) is 6.92 Å². The van der Waals surface area contributed by atoms with Crippen LogP contribution in [0.4, 0.5) is 10.6 Å². The van der Waals surface area contributed by atoms with Crippen molar-refractivity contribution in [2.75, 3.05) is 4.90 Å². The summed E-state index contributed by atoms with van der Waals surface area (Å²) in [4.78, 5) is 23.8. The zero-order chi connectivity index (χ0) is 14.8. The molecule has 0 radical (unpaired) electrons. The molecular weight excluding hydrogens is 248 g/mol. The van der Waals surface area contributed by atoms with Gasteiger partial charge in [0, 0.05) is 18.2 Å². The summed E-state index contributed by atoms with van der Waals surface area (Å²) in [6.45, 7) is 7.77. The lowest BCUT2D eigenvalue weighted by molar-refractivity contribution is 0.0994. The Labute approximate surface area is 112 Å². The molecule has 0 bridgehead atoms. The average molecular weight is 268 g/mol. The van der Waals surface area contributed by atoms with Crippen LogP contribution in [0.25, 0.3) is 0 Å². The fraction of sp³-hybridized carbons (Fsp3) is 0.583. The van der Waals surface area contributed by atoms with Crippen molar-refractivity contribution in [3.8, 4) is 0 Å². The molecule has 0 aromatic carbocycles. The molecule has 0 saturated heterocycles. The van der Waals surface area contributed by atoms with Gasteiger partial charge in [-0.2, -0.15) is 5.10 Å². The smallest absolute Gasteiger partial charge is 0.413 e. The minimum absolute atomic E-state index is 0.0685. The van der Waals surface area contributed by atoms with Crippen molar-refractivity contribution in [3.05, 3.63) is 11.8 Å². The molecule has 1 aromatic heterocycles. The van der Waals surface area contributed by atoms with Crippen LogP contribution in [-0.2, 0) is 6.54 Å². The highest BCUT2D eigenvalue weighted by Crippen LogP contribution is 2.25. The van der Waals surface area contributed by atoms with Gasteiger partial charge in [0.05, 0.1) is 0 Å². The molecule has 7 heteroatoms. The van der Waals surface area contributed by atoms with Crippen LogP contribution in [-0.4, -0.2) is 32.4 Å². The van der Waals surface area contributed by atoms with Crippen LogP contribution in [0.15, 0.2) is 6.07 Å². The van der Waals surface area contributed by atoms with Gasteiger partial charge in [-0.3, -0.25) is 9.69 Å². The van der Waals surface area contributed by atoms with E-state index in [9.17, 15) is 14.7 Å². The summed E-state index contributed by atoms with van der Waals surface area (Å²) >= 11 is 0. The molecule has 1 heterocycles. The largest absolute Gasteiger partial charge is 0.465 e. The number of primary amides is 1. The van der Waals surface area contributed by atoms with E-state index in [-0.39, 0.29) is 5.69 Å². The number of carbonyl (C=O) groups excluding carboxylic acids is 1. The number of amides is 2. The van der Waals surface area contributed by atoms with Crippen LogP contribution in [0.3, 0.4) is 0 Å². The van der Waals surface area contributed by atoms with Gasteiger partial charge in [-0.15, -0.1) is 0 Å². The third kappa shape index (κ3) is 3.24. The first-order chi connectivity index (χ1) is 8.68. The van der Waals surface area contributed by atoms with Crippen molar-refractivity contribution in [2.45, 2.75) is 46.2 Å². The molecule has 0 fully saturated rings. The number of hydrogen-bond acceptors (Lipinski definition) is 3. The Morgan fingerprint density at radius 1 is 1.47 bits per heavy atom. The van der Waals surface area contributed by atoms with E-state index in [2.05, 4.69) is 5.10 Å². The molecule has 7 nitrogen and oxygen atoms in total. The Hall–Kier alpha value is -2.05. The van der Waals surface area contributed by atoms with Gasteiger partial charge in [0.1, 0.15) is 5.82 Å². The highest BCUT2D eigenvalue weighted by Gasteiger charge is 2.31. The number of nitrogens with two attached hydrogens (primary N) is 1. The van der Waals surface area contributed by atoms with Crippen molar-refractivity contribution < 1.29 is 14.7 Å². The third-order valence-electron chi connectivity index (χ3n) is 2.54. The summed E-state index contributed by atoms with van der Waals surface area (Å²) in [5, 5.41) is 13.4. The molecule has 106 valence electrons. The van der Waals surface area contributed by atoms with Crippen LogP contribution in [0.1, 0.15) is 44.6 Å². The maximum absolute atomic E-state index is 11.5. The predicted molar refractivity (Wildman–Crippen MR) is 71.3 cm³/mol. The monoisotopic (exact) mass is 268 g/mol. The van der Waals surface area contributed by atoms with E-state index in [0.29, 0.717) is 12.4 Å². The van der Waals surface area contributed by atoms with Crippen molar-refractivity contribution in [1.82, 2.24) is 9.78 Å². The summed E-state index contributed by atoms with van der Waals surface area (Å²) in [6, 6.07) is 1.41. The number of rotatable bonds is 4. The molecule has 0 aliphatic rings. The van der Waals surface area contributed by atoms with E-state index in [1.165, 1.54) is 15.6 Å². The predicted octanol–water partition coefficient (Wildman–Crippen LogP) is 1.67. The van der Waals surface area contributed by atoms with E-state index < -0.39 is 17.5 Å². The molecule has 0 spiro atoms. The lowest BCUT2D eigenvalue weighted by Crippen LogP contribution is -2.46. The molecule has 0 atom stereocenters. The molecule has 2 amide bonds. The van der Waals surface area contributed by atoms with Gasteiger partial charge in [-0.1, -0.05) is 6.92 Å². The summed E-state index contributed by atoms with van der Waals surface area (Å²) in [5.41, 5.74) is 4.62. The van der Waals surface area contributed by atoms with Gasteiger partial charge in [0.15, 0.2) is 5.69 Å². The van der Waals surface area contributed by atoms with Crippen LogP contribution in [0, 0.1) is 0 Å². The van der Waals surface area contributed by atoms with Gasteiger partial charge < -0.3 is 10.8 Å². The first kappa shape index (κ1) is 15.0. The van der Waals surface area contributed by atoms with Crippen molar-refractivity contribution in [1.29, 1.82) is 0 Å². The van der Waals surface area contributed by atoms with E-state index in [1.54, 1.807) is 20.8 Å². The van der Waals surface area contributed by atoms with Crippen LogP contribution in [0.2, 0.25) is 0 Å². The quantitative estimate of drug-likeness (QED) is 0.867. The van der Waals surface area contributed by atoms with Gasteiger partial charge in [-0.25, -0.2) is 9.48 Å².